The van der Waals surface area contributed by atoms with Gasteiger partial charge in [0.1, 0.15) is 6.61 Å². The number of nitriles is 1. The molecule has 0 spiro atoms. The third-order valence-corrected chi connectivity index (χ3v) is 3.82. The Balaban J connectivity index is 1.80. The number of allylic oxidation sites excluding steroid dienone is 2. The van der Waals surface area contributed by atoms with E-state index in [1.54, 1.807) is 24.3 Å². The molecule has 0 fully saturated rings. The van der Waals surface area contributed by atoms with Gasteiger partial charge in [0, 0.05) is 5.56 Å². The van der Waals surface area contributed by atoms with E-state index in [2.05, 4.69) is 19.1 Å². The smallest absolute Gasteiger partial charge is 0.188 e. The monoisotopic (exact) mass is 269 g/mol. The van der Waals surface area contributed by atoms with Crippen molar-refractivity contribution in [3.63, 3.8) is 0 Å². The van der Waals surface area contributed by atoms with E-state index in [4.69, 9.17) is 10.00 Å². The minimum atomic E-state index is -0.0338. The number of hydrogen-bond acceptors (Lipinski definition) is 3. The van der Waals surface area contributed by atoms with Crippen LogP contribution in [0.1, 0.15) is 35.7 Å². The number of nitrogens with zero attached hydrogens (tertiary/aromatic N) is 1. The van der Waals surface area contributed by atoms with Crippen LogP contribution in [0.25, 0.3) is 0 Å². The highest BCUT2D eigenvalue weighted by Crippen LogP contribution is 2.25. The van der Waals surface area contributed by atoms with Gasteiger partial charge in [-0.2, -0.15) is 5.26 Å². The maximum absolute atomic E-state index is 11.9. The third kappa shape index (κ3) is 3.79. The first-order valence-corrected chi connectivity index (χ1v) is 6.97. The lowest BCUT2D eigenvalue weighted by atomic mass is 9.85. The summed E-state index contributed by atoms with van der Waals surface area (Å²) in [6.45, 7) is 2.96. The van der Waals surface area contributed by atoms with Crippen molar-refractivity contribution in [1.29, 1.82) is 5.26 Å². The Morgan fingerprint density at radius 2 is 2.00 bits per heavy atom. The molecule has 3 nitrogen and oxygen atoms in total. The molecule has 0 saturated carbocycles. The highest BCUT2D eigenvalue weighted by molar-refractivity contribution is 5.97. The van der Waals surface area contributed by atoms with Gasteiger partial charge in [0.2, 0.25) is 0 Å². The van der Waals surface area contributed by atoms with Crippen molar-refractivity contribution < 1.29 is 9.53 Å². The van der Waals surface area contributed by atoms with Crippen LogP contribution in [0.4, 0.5) is 0 Å². The molecule has 0 N–H and O–H groups in total. The molecule has 1 aliphatic rings. The first-order valence-electron chi connectivity index (χ1n) is 6.97. The molecule has 0 amide bonds. The highest BCUT2D eigenvalue weighted by Gasteiger charge is 2.18. The number of rotatable bonds is 5. The Bertz CT molecular complexity index is 525. The van der Waals surface area contributed by atoms with Gasteiger partial charge in [0.25, 0.3) is 0 Å². The lowest BCUT2D eigenvalue weighted by molar-refractivity contribution is 0.0602. The minimum Gasteiger partial charge on any atom is -0.373 e. The van der Waals surface area contributed by atoms with Gasteiger partial charge in [-0.25, -0.2) is 0 Å². The quantitative estimate of drug-likeness (QED) is 0.608. The molecule has 1 aliphatic carbocycles. The van der Waals surface area contributed by atoms with Gasteiger partial charge >= 0.3 is 0 Å². The lowest BCUT2D eigenvalue weighted by Crippen LogP contribution is -2.21. The molecule has 0 bridgehead atoms. The predicted molar refractivity (Wildman–Crippen MR) is 77.3 cm³/mol. The summed E-state index contributed by atoms with van der Waals surface area (Å²) >= 11 is 0. The largest absolute Gasteiger partial charge is 0.373 e. The number of Topliss-reactive ketones (excluding diaryl/α,β-unsaturated/α-hetero) is 1. The molecule has 0 aliphatic heterocycles. The van der Waals surface area contributed by atoms with Crippen molar-refractivity contribution in [3.05, 3.63) is 47.5 Å². The normalized spacial score (nSPS) is 21.4. The van der Waals surface area contributed by atoms with E-state index in [0.717, 1.165) is 12.8 Å². The predicted octanol–water partition coefficient (Wildman–Crippen LogP) is 3.36. The lowest BCUT2D eigenvalue weighted by Gasteiger charge is -2.24. The van der Waals surface area contributed by atoms with Gasteiger partial charge in [-0.3, -0.25) is 4.79 Å². The average Bonchev–Trinajstić information content (AvgIpc) is 2.49. The fraction of sp³-hybridized carbons (Fsp3) is 0.412. The first kappa shape index (κ1) is 14.5. The summed E-state index contributed by atoms with van der Waals surface area (Å²) < 4.78 is 5.57. The molecule has 0 aromatic heterocycles. The van der Waals surface area contributed by atoms with Crippen molar-refractivity contribution in [3.8, 4) is 6.07 Å². The van der Waals surface area contributed by atoms with Gasteiger partial charge in [-0.05, 0) is 36.8 Å². The SMILES string of the molecule is CC1CC=CCC1COCC(=O)c1ccc(C#N)cc1. The van der Waals surface area contributed by atoms with E-state index in [-0.39, 0.29) is 12.4 Å². The zero-order valence-corrected chi connectivity index (χ0v) is 11.7. The van der Waals surface area contributed by atoms with Gasteiger partial charge in [-0.1, -0.05) is 31.2 Å². The molecule has 104 valence electrons. The zero-order chi connectivity index (χ0) is 14.4. The van der Waals surface area contributed by atoms with Gasteiger partial charge in [-0.15, -0.1) is 0 Å². The molecular weight excluding hydrogens is 250 g/mol. The number of ether oxygens (including phenoxy) is 1. The van der Waals surface area contributed by atoms with Crippen LogP contribution in [0, 0.1) is 23.2 Å². The highest BCUT2D eigenvalue weighted by atomic mass is 16.5. The van der Waals surface area contributed by atoms with E-state index in [1.165, 1.54) is 0 Å². The molecule has 2 rings (SSSR count). The van der Waals surface area contributed by atoms with Crippen molar-refractivity contribution in [2.24, 2.45) is 11.8 Å². The summed E-state index contributed by atoms with van der Waals surface area (Å²) in [5.74, 6) is 1.09. The number of ketones is 1. The minimum absolute atomic E-state index is 0.0338. The third-order valence-electron chi connectivity index (χ3n) is 3.82. The number of benzene rings is 1. The fourth-order valence-electron chi connectivity index (χ4n) is 2.36. The molecule has 2 unspecified atom stereocenters. The molecule has 2 atom stereocenters. The molecule has 0 saturated heterocycles. The van der Waals surface area contributed by atoms with Crippen LogP contribution in [0.3, 0.4) is 0 Å². The van der Waals surface area contributed by atoms with Crippen molar-refractivity contribution in [2.75, 3.05) is 13.2 Å². The molecule has 20 heavy (non-hydrogen) atoms. The topological polar surface area (TPSA) is 50.1 Å². The fourth-order valence-corrected chi connectivity index (χ4v) is 2.36. The standard InChI is InChI=1S/C17H19NO2/c1-13-4-2-3-5-16(13)11-20-12-17(19)15-8-6-14(10-18)7-9-15/h2-3,6-9,13,16H,4-5,11-12H2,1H3. The number of carbonyl (C=O) groups is 1. The van der Waals surface area contributed by atoms with E-state index < -0.39 is 0 Å². The van der Waals surface area contributed by atoms with E-state index >= 15 is 0 Å². The molecule has 0 radical (unpaired) electrons. The van der Waals surface area contributed by atoms with Gasteiger partial charge in [0.15, 0.2) is 5.78 Å². The van der Waals surface area contributed by atoms with Crippen LogP contribution in [0.5, 0.6) is 0 Å². The molecule has 1 aromatic carbocycles. The summed E-state index contributed by atoms with van der Waals surface area (Å²) in [4.78, 5) is 11.9. The van der Waals surface area contributed by atoms with Gasteiger partial charge < -0.3 is 4.74 Å². The van der Waals surface area contributed by atoms with Crippen LogP contribution in [-0.2, 0) is 4.74 Å². The van der Waals surface area contributed by atoms with E-state index in [9.17, 15) is 4.79 Å². The summed E-state index contributed by atoms with van der Waals surface area (Å²) in [6.07, 6.45) is 6.53. The van der Waals surface area contributed by atoms with Crippen molar-refractivity contribution in [1.82, 2.24) is 0 Å². The summed E-state index contributed by atoms with van der Waals surface area (Å²) in [7, 11) is 0. The summed E-state index contributed by atoms with van der Waals surface area (Å²) in [6, 6.07) is 8.70. The Hall–Kier alpha value is -1.92. The second-order valence-corrected chi connectivity index (χ2v) is 5.31. The Labute approximate surface area is 119 Å². The van der Waals surface area contributed by atoms with Crippen LogP contribution in [0.2, 0.25) is 0 Å². The molecule has 0 heterocycles. The zero-order valence-electron chi connectivity index (χ0n) is 11.7. The molecule has 1 aromatic rings. The summed E-state index contributed by atoms with van der Waals surface area (Å²) in [5, 5.41) is 8.71. The van der Waals surface area contributed by atoms with Crippen LogP contribution < -0.4 is 0 Å². The maximum atomic E-state index is 11.9. The maximum Gasteiger partial charge on any atom is 0.188 e. The Morgan fingerprint density at radius 1 is 1.30 bits per heavy atom. The molecule has 3 heteroatoms. The van der Waals surface area contributed by atoms with E-state index in [0.29, 0.717) is 29.6 Å². The van der Waals surface area contributed by atoms with Crippen LogP contribution >= 0.6 is 0 Å². The number of carbonyl (C=O) groups excluding carboxylic acids is 1. The average molecular weight is 269 g/mol. The van der Waals surface area contributed by atoms with Crippen LogP contribution in [0.15, 0.2) is 36.4 Å². The second kappa shape index (κ2) is 7.02. The Kier molecular flexibility index (Phi) is 5.09. The number of hydrogen-bond donors (Lipinski definition) is 0. The van der Waals surface area contributed by atoms with Crippen LogP contribution in [-0.4, -0.2) is 19.0 Å². The van der Waals surface area contributed by atoms with Crippen molar-refractivity contribution in [2.45, 2.75) is 19.8 Å². The Morgan fingerprint density at radius 3 is 2.65 bits per heavy atom. The first-order chi connectivity index (χ1) is 9.70. The van der Waals surface area contributed by atoms with Gasteiger partial charge in [0.05, 0.1) is 18.2 Å². The van der Waals surface area contributed by atoms with E-state index in [1.807, 2.05) is 6.07 Å². The van der Waals surface area contributed by atoms with Crippen molar-refractivity contribution >= 4 is 5.78 Å². The second-order valence-electron chi connectivity index (χ2n) is 5.31. The molecular formula is C17H19NO2. The summed E-state index contributed by atoms with van der Waals surface area (Å²) in [5.41, 5.74) is 1.16.